The second kappa shape index (κ2) is 8.08. The molecule has 1 saturated heterocycles. The molecule has 1 atom stereocenters. The van der Waals surface area contributed by atoms with Crippen molar-refractivity contribution in [2.75, 3.05) is 13.1 Å². The van der Waals surface area contributed by atoms with Crippen LogP contribution in [0.2, 0.25) is 0 Å². The second-order valence-electron chi connectivity index (χ2n) is 6.86. The number of nitrogens with two attached hydrogens (primary N) is 1. The third-order valence-electron chi connectivity index (χ3n) is 5.01. The van der Waals surface area contributed by atoms with Crippen LogP contribution in [0.5, 0.6) is 0 Å². The fraction of sp³-hybridized carbons (Fsp3) is 0.579. The van der Waals surface area contributed by atoms with Crippen molar-refractivity contribution in [2.24, 2.45) is 11.7 Å². The van der Waals surface area contributed by atoms with E-state index < -0.39 is 0 Å². The highest BCUT2D eigenvalue weighted by Crippen LogP contribution is 2.23. The molecule has 1 fully saturated rings. The third-order valence-corrected chi connectivity index (χ3v) is 6.10. The van der Waals surface area contributed by atoms with E-state index in [9.17, 15) is 4.79 Å². The molecule has 24 heavy (non-hydrogen) atoms. The Bertz CT molecular complexity index is 641. The largest absolute Gasteiger partial charge is 0.343 e. The minimum atomic E-state index is 0.246. The topological polar surface area (TPSA) is 59.2 Å². The van der Waals surface area contributed by atoms with Gasteiger partial charge in [0.25, 0.3) is 0 Å². The van der Waals surface area contributed by atoms with Gasteiger partial charge in [0.1, 0.15) is 0 Å². The first-order chi connectivity index (χ1) is 11.6. The highest BCUT2D eigenvalue weighted by Gasteiger charge is 2.24. The number of piperidine rings is 1. The summed E-state index contributed by atoms with van der Waals surface area (Å²) in [6, 6.07) is 8.50. The monoisotopic (exact) mass is 345 g/mol. The molecule has 0 radical (unpaired) electrons. The number of hydrogen-bond donors (Lipinski definition) is 1. The third kappa shape index (κ3) is 4.33. The molecule has 1 unspecified atom stereocenters. The number of nitrogens with zero attached hydrogens (tertiary/aromatic N) is 2. The van der Waals surface area contributed by atoms with Crippen LogP contribution in [-0.2, 0) is 11.2 Å². The predicted octanol–water partition coefficient (Wildman–Crippen LogP) is 3.59. The Morgan fingerprint density at radius 3 is 2.79 bits per heavy atom. The minimum Gasteiger partial charge on any atom is -0.343 e. The van der Waals surface area contributed by atoms with Gasteiger partial charge >= 0.3 is 0 Å². The van der Waals surface area contributed by atoms with Crippen LogP contribution in [0.3, 0.4) is 0 Å². The van der Waals surface area contributed by atoms with Crippen LogP contribution in [0.25, 0.3) is 10.2 Å². The van der Waals surface area contributed by atoms with E-state index in [1.165, 1.54) is 9.71 Å². The van der Waals surface area contributed by atoms with Gasteiger partial charge in [0.15, 0.2) is 0 Å². The SMILES string of the molecule is CC(N)C1CCN(C(=O)CCCCc2nc3ccccc3s2)CC1. The fourth-order valence-electron chi connectivity index (χ4n) is 3.41. The van der Waals surface area contributed by atoms with E-state index in [1.54, 1.807) is 11.3 Å². The van der Waals surface area contributed by atoms with Crippen molar-refractivity contribution >= 4 is 27.5 Å². The molecule has 1 aliphatic rings. The molecular weight excluding hydrogens is 318 g/mol. The smallest absolute Gasteiger partial charge is 0.222 e. The Hall–Kier alpha value is -1.46. The first kappa shape index (κ1) is 17.4. The fourth-order valence-corrected chi connectivity index (χ4v) is 4.42. The zero-order chi connectivity index (χ0) is 16.9. The normalized spacial score (nSPS) is 17.3. The van der Waals surface area contributed by atoms with Crippen LogP contribution >= 0.6 is 11.3 Å². The van der Waals surface area contributed by atoms with Gasteiger partial charge in [0.2, 0.25) is 5.91 Å². The Labute approximate surface area is 148 Å². The van der Waals surface area contributed by atoms with Crippen molar-refractivity contribution in [3.63, 3.8) is 0 Å². The van der Waals surface area contributed by atoms with E-state index in [0.29, 0.717) is 18.2 Å². The van der Waals surface area contributed by atoms with Crippen LogP contribution in [0.4, 0.5) is 0 Å². The van der Waals surface area contributed by atoms with Gasteiger partial charge in [-0.05, 0) is 57.1 Å². The summed E-state index contributed by atoms with van der Waals surface area (Å²) < 4.78 is 1.25. The lowest BCUT2D eigenvalue weighted by atomic mass is 9.91. The maximum Gasteiger partial charge on any atom is 0.222 e. The maximum atomic E-state index is 12.3. The van der Waals surface area contributed by atoms with Crippen LogP contribution < -0.4 is 5.73 Å². The van der Waals surface area contributed by atoms with E-state index in [-0.39, 0.29) is 6.04 Å². The van der Waals surface area contributed by atoms with Gasteiger partial charge in [-0.1, -0.05) is 12.1 Å². The van der Waals surface area contributed by atoms with Gasteiger partial charge in [-0.15, -0.1) is 11.3 Å². The molecule has 2 N–H and O–H groups in total. The zero-order valence-corrected chi connectivity index (χ0v) is 15.2. The van der Waals surface area contributed by atoms with Gasteiger partial charge in [-0.2, -0.15) is 0 Å². The predicted molar refractivity (Wildman–Crippen MR) is 100 cm³/mol. The Morgan fingerprint density at radius 2 is 2.08 bits per heavy atom. The number of carbonyl (C=O) groups excluding carboxylic acids is 1. The van der Waals surface area contributed by atoms with Gasteiger partial charge < -0.3 is 10.6 Å². The minimum absolute atomic E-state index is 0.246. The molecule has 0 aliphatic carbocycles. The number of aryl methyl sites for hydroxylation is 1. The van der Waals surface area contributed by atoms with E-state index in [2.05, 4.69) is 30.1 Å². The van der Waals surface area contributed by atoms with Crippen molar-refractivity contribution in [3.8, 4) is 0 Å². The molecule has 2 heterocycles. The number of fused-ring (bicyclic) bond motifs is 1. The molecule has 4 nitrogen and oxygen atoms in total. The van der Waals surface area contributed by atoms with Crippen LogP contribution in [0, 0.1) is 5.92 Å². The summed E-state index contributed by atoms with van der Waals surface area (Å²) in [4.78, 5) is 19.0. The lowest BCUT2D eigenvalue weighted by molar-refractivity contribution is -0.132. The summed E-state index contributed by atoms with van der Waals surface area (Å²) in [6.45, 7) is 3.83. The van der Waals surface area contributed by atoms with Crippen molar-refractivity contribution in [2.45, 2.75) is 51.5 Å². The van der Waals surface area contributed by atoms with Crippen molar-refractivity contribution in [1.29, 1.82) is 0 Å². The number of carbonyl (C=O) groups is 1. The van der Waals surface area contributed by atoms with E-state index in [0.717, 1.165) is 50.7 Å². The lowest BCUT2D eigenvalue weighted by Gasteiger charge is -2.33. The number of rotatable bonds is 6. The Kier molecular flexibility index (Phi) is 5.85. The molecule has 0 bridgehead atoms. The summed E-state index contributed by atoms with van der Waals surface area (Å²) in [5.41, 5.74) is 7.05. The maximum absolute atomic E-state index is 12.3. The molecule has 5 heteroatoms. The van der Waals surface area contributed by atoms with Crippen molar-refractivity contribution < 1.29 is 4.79 Å². The van der Waals surface area contributed by atoms with Gasteiger partial charge in [-0.25, -0.2) is 4.98 Å². The number of thiazole rings is 1. The molecule has 2 aromatic rings. The number of para-hydroxylation sites is 1. The highest BCUT2D eigenvalue weighted by molar-refractivity contribution is 7.18. The standard InChI is InChI=1S/C19H27N3OS/c1-14(20)15-10-12-22(13-11-15)19(23)9-5-4-8-18-21-16-6-2-3-7-17(16)24-18/h2-3,6-7,14-15H,4-5,8-13,20H2,1H3. The number of amides is 1. The summed E-state index contributed by atoms with van der Waals surface area (Å²) in [6.07, 6.45) is 5.71. The summed E-state index contributed by atoms with van der Waals surface area (Å²) in [7, 11) is 0. The van der Waals surface area contributed by atoms with Gasteiger partial charge in [-0.3, -0.25) is 4.79 Å². The average Bonchev–Trinajstić information content (AvgIpc) is 3.01. The number of benzene rings is 1. The Morgan fingerprint density at radius 1 is 1.33 bits per heavy atom. The molecule has 3 rings (SSSR count). The summed E-state index contributed by atoms with van der Waals surface area (Å²) in [5.74, 6) is 0.885. The number of likely N-dealkylation sites (tertiary alicyclic amines) is 1. The van der Waals surface area contributed by atoms with Crippen LogP contribution in [0.15, 0.2) is 24.3 Å². The van der Waals surface area contributed by atoms with Crippen molar-refractivity contribution in [3.05, 3.63) is 29.3 Å². The van der Waals surface area contributed by atoms with Crippen molar-refractivity contribution in [1.82, 2.24) is 9.88 Å². The molecule has 1 aliphatic heterocycles. The second-order valence-corrected chi connectivity index (χ2v) is 7.97. The molecule has 1 aromatic carbocycles. The first-order valence-electron chi connectivity index (χ1n) is 9.01. The quantitative estimate of drug-likeness (QED) is 0.814. The molecule has 0 saturated carbocycles. The molecule has 130 valence electrons. The summed E-state index contributed by atoms with van der Waals surface area (Å²) in [5, 5.41) is 1.18. The van der Waals surface area contributed by atoms with Gasteiger partial charge in [0, 0.05) is 25.6 Å². The Balaban J connectivity index is 1.38. The van der Waals surface area contributed by atoms with E-state index in [1.807, 2.05) is 11.0 Å². The first-order valence-corrected chi connectivity index (χ1v) is 9.83. The molecular formula is C19H27N3OS. The highest BCUT2D eigenvalue weighted by atomic mass is 32.1. The molecule has 1 aromatic heterocycles. The van der Waals surface area contributed by atoms with Crippen LogP contribution in [-0.4, -0.2) is 34.9 Å². The van der Waals surface area contributed by atoms with Crippen LogP contribution in [0.1, 0.15) is 44.0 Å². The number of hydrogen-bond acceptors (Lipinski definition) is 4. The summed E-state index contributed by atoms with van der Waals surface area (Å²) >= 11 is 1.77. The molecule has 0 spiro atoms. The van der Waals surface area contributed by atoms with E-state index >= 15 is 0 Å². The molecule has 1 amide bonds. The lowest BCUT2D eigenvalue weighted by Crippen LogP contribution is -2.42. The van der Waals surface area contributed by atoms with E-state index in [4.69, 9.17) is 5.73 Å². The van der Waals surface area contributed by atoms with Gasteiger partial charge in [0.05, 0.1) is 15.2 Å². The number of unbranched alkanes of at least 4 members (excludes halogenated alkanes) is 1. The number of aromatic nitrogens is 1. The zero-order valence-electron chi connectivity index (χ0n) is 14.4. The average molecular weight is 346 g/mol.